The van der Waals surface area contributed by atoms with Gasteiger partial charge in [-0.1, -0.05) is 6.58 Å². The number of aliphatic hydroxyl groups excluding tert-OH is 1. The fraction of sp³-hybridized carbons (Fsp3) is 0.565. The van der Waals surface area contributed by atoms with Crippen LogP contribution in [0.1, 0.15) is 34.6 Å². The maximum Gasteiger partial charge on any atom is 0.341 e. The van der Waals surface area contributed by atoms with Gasteiger partial charge in [0, 0.05) is 18.1 Å². The fourth-order valence-corrected chi connectivity index (χ4v) is 4.57. The maximum atomic E-state index is 12.9. The molecule has 10 nitrogen and oxygen atoms in total. The molecule has 7 unspecified atom stereocenters. The van der Waals surface area contributed by atoms with E-state index in [1.807, 2.05) is 0 Å². The molecular formula is C23H28O10. The van der Waals surface area contributed by atoms with Crippen molar-refractivity contribution in [1.29, 1.82) is 0 Å². The van der Waals surface area contributed by atoms with Crippen LogP contribution in [0.5, 0.6) is 0 Å². The molecule has 0 saturated carbocycles. The molecule has 0 bridgehead atoms. The van der Waals surface area contributed by atoms with Gasteiger partial charge in [-0.05, 0) is 44.9 Å². The summed E-state index contributed by atoms with van der Waals surface area (Å²) in [6.45, 7) is 10.8. The first-order valence-corrected chi connectivity index (χ1v) is 10.4. The Morgan fingerprint density at radius 3 is 2.27 bits per heavy atom. The highest BCUT2D eigenvalue weighted by Gasteiger charge is 2.62. The number of rotatable bonds is 5. The van der Waals surface area contributed by atoms with E-state index in [-0.39, 0.29) is 22.3 Å². The molecule has 1 aliphatic heterocycles. The summed E-state index contributed by atoms with van der Waals surface area (Å²) < 4.78 is 21.2. The Hall–Kier alpha value is -2.82. The molecule has 0 amide bonds. The van der Waals surface area contributed by atoms with E-state index in [9.17, 15) is 29.4 Å². The molecular weight excluding hydrogens is 436 g/mol. The third-order valence-electron chi connectivity index (χ3n) is 6.75. The monoisotopic (exact) mass is 464 g/mol. The Bertz CT molecular complexity index is 1010. The molecule has 180 valence electrons. The highest BCUT2D eigenvalue weighted by atomic mass is 16.7. The van der Waals surface area contributed by atoms with Gasteiger partial charge >= 0.3 is 17.9 Å². The number of aliphatic hydroxyl groups is 2. The number of carbonyl (C=O) groups excluding carboxylic acids is 4. The zero-order valence-electron chi connectivity index (χ0n) is 19.3. The van der Waals surface area contributed by atoms with Gasteiger partial charge in [-0.2, -0.15) is 0 Å². The second-order valence-corrected chi connectivity index (χ2v) is 8.77. The Balaban J connectivity index is 2.23. The summed E-state index contributed by atoms with van der Waals surface area (Å²) in [5, 5.41) is 22.9. The van der Waals surface area contributed by atoms with Crippen LogP contribution in [0.3, 0.4) is 0 Å². The molecule has 10 heteroatoms. The number of allylic oxidation sites excluding steroid dienone is 1. The van der Waals surface area contributed by atoms with E-state index in [0.29, 0.717) is 0 Å². The van der Waals surface area contributed by atoms with E-state index in [2.05, 4.69) is 6.58 Å². The molecule has 0 radical (unpaired) electrons. The van der Waals surface area contributed by atoms with Crippen molar-refractivity contribution < 1.29 is 48.3 Å². The van der Waals surface area contributed by atoms with Crippen LogP contribution in [0, 0.1) is 5.92 Å². The molecule has 33 heavy (non-hydrogen) atoms. The first-order valence-electron chi connectivity index (χ1n) is 10.4. The minimum absolute atomic E-state index is 0.0614. The summed E-state index contributed by atoms with van der Waals surface area (Å²) in [6.07, 6.45) is -4.09. The van der Waals surface area contributed by atoms with Gasteiger partial charge < -0.3 is 29.2 Å². The van der Waals surface area contributed by atoms with Gasteiger partial charge in [0.05, 0.1) is 19.1 Å². The number of fused-ring (bicyclic) bond motifs is 1. The maximum absolute atomic E-state index is 12.9. The third kappa shape index (κ3) is 3.71. The lowest BCUT2D eigenvalue weighted by atomic mass is 9.76. The predicted molar refractivity (Wildman–Crippen MR) is 111 cm³/mol. The summed E-state index contributed by atoms with van der Waals surface area (Å²) in [7, 11) is 1.09. The summed E-state index contributed by atoms with van der Waals surface area (Å²) in [6, 6.07) is 0. The van der Waals surface area contributed by atoms with Crippen LogP contribution in [0.4, 0.5) is 0 Å². The molecule has 1 heterocycles. The average molecular weight is 464 g/mol. The van der Waals surface area contributed by atoms with E-state index in [1.54, 1.807) is 6.92 Å². The number of ether oxygens (including phenoxy) is 4. The zero-order valence-corrected chi connectivity index (χ0v) is 19.3. The summed E-state index contributed by atoms with van der Waals surface area (Å²) in [4.78, 5) is 50.2. The number of epoxide rings is 1. The van der Waals surface area contributed by atoms with Gasteiger partial charge in [0.25, 0.3) is 0 Å². The molecule has 3 rings (SSSR count). The largest absolute Gasteiger partial charge is 0.466 e. The van der Waals surface area contributed by atoms with E-state index in [0.717, 1.165) is 20.1 Å². The number of esters is 3. The van der Waals surface area contributed by atoms with Crippen molar-refractivity contribution in [3.8, 4) is 0 Å². The van der Waals surface area contributed by atoms with Crippen LogP contribution in [0.15, 0.2) is 34.9 Å². The van der Waals surface area contributed by atoms with Gasteiger partial charge in [0.15, 0.2) is 23.6 Å². The first-order chi connectivity index (χ1) is 15.2. The fourth-order valence-electron chi connectivity index (χ4n) is 4.57. The zero-order chi connectivity index (χ0) is 25.0. The molecule has 0 spiro atoms. The lowest BCUT2D eigenvalue weighted by Crippen LogP contribution is -2.53. The minimum atomic E-state index is -2.24. The molecule has 0 aromatic rings. The topological polar surface area (TPSA) is 149 Å². The van der Waals surface area contributed by atoms with Crippen molar-refractivity contribution in [2.75, 3.05) is 7.11 Å². The van der Waals surface area contributed by atoms with Gasteiger partial charge in [0.2, 0.25) is 0 Å². The van der Waals surface area contributed by atoms with Crippen LogP contribution in [-0.4, -0.2) is 76.6 Å². The Morgan fingerprint density at radius 2 is 1.79 bits per heavy atom. The SMILES string of the molecule is C=C(C(=O)OC)C1C(OC(C)=O)C(OC(=O)C2(C)OC2C)C(C)=C2C(=O)C=C(C)C2(O)C1O. The van der Waals surface area contributed by atoms with Crippen LogP contribution >= 0.6 is 0 Å². The Kier molecular flexibility index (Phi) is 6.16. The van der Waals surface area contributed by atoms with Gasteiger partial charge in [-0.3, -0.25) is 9.59 Å². The number of hydrogen-bond donors (Lipinski definition) is 2. The Morgan fingerprint density at radius 1 is 1.21 bits per heavy atom. The van der Waals surface area contributed by atoms with Crippen molar-refractivity contribution in [2.45, 2.75) is 70.2 Å². The summed E-state index contributed by atoms with van der Waals surface area (Å²) in [5.74, 6) is -4.65. The normalized spacial score (nSPS) is 37.5. The molecule has 7 atom stereocenters. The molecule has 1 saturated heterocycles. The summed E-state index contributed by atoms with van der Waals surface area (Å²) >= 11 is 0. The molecule has 2 N–H and O–H groups in total. The third-order valence-corrected chi connectivity index (χ3v) is 6.75. The molecule has 0 aromatic carbocycles. The van der Waals surface area contributed by atoms with E-state index < -0.39 is 65.2 Å². The predicted octanol–water partition coefficient (Wildman–Crippen LogP) is 0.304. The highest BCUT2D eigenvalue weighted by Crippen LogP contribution is 2.48. The van der Waals surface area contributed by atoms with E-state index >= 15 is 0 Å². The Labute approximate surface area is 190 Å². The number of methoxy groups -OCH3 is 1. The molecule has 1 fully saturated rings. The number of ketones is 1. The van der Waals surface area contributed by atoms with E-state index in [4.69, 9.17) is 18.9 Å². The minimum Gasteiger partial charge on any atom is -0.466 e. The molecule has 0 aromatic heterocycles. The van der Waals surface area contributed by atoms with Crippen molar-refractivity contribution >= 4 is 23.7 Å². The highest BCUT2D eigenvalue weighted by molar-refractivity contribution is 6.11. The van der Waals surface area contributed by atoms with Crippen LogP contribution in [0.25, 0.3) is 0 Å². The number of carbonyl (C=O) groups is 4. The van der Waals surface area contributed by atoms with Crippen molar-refractivity contribution in [3.63, 3.8) is 0 Å². The quantitative estimate of drug-likeness (QED) is 0.252. The van der Waals surface area contributed by atoms with E-state index in [1.165, 1.54) is 20.8 Å². The van der Waals surface area contributed by atoms with Crippen LogP contribution < -0.4 is 0 Å². The lowest BCUT2D eigenvalue weighted by Gasteiger charge is -2.38. The summed E-state index contributed by atoms with van der Waals surface area (Å²) in [5.41, 5.74) is -3.89. The smallest absolute Gasteiger partial charge is 0.341 e. The standard InChI is InChI=1S/C23H28O10/c1-9-8-14(25)16-11(3)17(32-21(28)22(6)12(4)33-22)18(31-13(5)24)15(10(2)20(27)30-7)19(26)23(9,16)29/h8,12,15,17-19,26,29H,2H2,1,3-7H3. The van der Waals surface area contributed by atoms with Gasteiger partial charge in [-0.25, -0.2) is 9.59 Å². The van der Waals surface area contributed by atoms with Crippen molar-refractivity contribution in [2.24, 2.45) is 5.92 Å². The second-order valence-electron chi connectivity index (χ2n) is 8.77. The van der Waals surface area contributed by atoms with Gasteiger partial charge in [0.1, 0.15) is 11.7 Å². The van der Waals surface area contributed by atoms with Crippen molar-refractivity contribution in [3.05, 3.63) is 34.9 Å². The lowest BCUT2D eigenvalue weighted by molar-refractivity contribution is -0.175. The first kappa shape index (κ1) is 24.8. The number of hydrogen-bond acceptors (Lipinski definition) is 10. The second kappa shape index (κ2) is 8.19. The molecule has 2 aliphatic carbocycles. The van der Waals surface area contributed by atoms with Crippen LogP contribution in [-0.2, 0) is 38.1 Å². The average Bonchev–Trinajstić information content (AvgIpc) is 3.29. The van der Waals surface area contributed by atoms with Crippen LogP contribution in [0.2, 0.25) is 0 Å². The van der Waals surface area contributed by atoms with Crippen molar-refractivity contribution in [1.82, 2.24) is 0 Å². The molecule has 3 aliphatic rings. The van der Waals surface area contributed by atoms with Gasteiger partial charge in [-0.15, -0.1) is 0 Å².